The number of rotatable bonds is 8. The molecular formula is C24H21N5O4. The predicted octanol–water partition coefficient (Wildman–Crippen LogP) is 5.98. The van der Waals surface area contributed by atoms with Gasteiger partial charge in [-0.15, -0.1) is 0 Å². The van der Waals surface area contributed by atoms with Gasteiger partial charge in [0.25, 0.3) is 0 Å². The molecule has 0 aliphatic carbocycles. The van der Waals surface area contributed by atoms with Gasteiger partial charge in [-0.25, -0.2) is 9.97 Å². The highest BCUT2D eigenvalue weighted by atomic mass is 16.6. The van der Waals surface area contributed by atoms with E-state index in [0.717, 1.165) is 5.56 Å². The average Bonchev–Trinajstić information content (AvgIpc) is 2.81. The van der Waals surface area contributed by atoms with Crippen molar-refractivity contribution in [1.82, 2.24) is 9.97 Å². The van der Waals surface area contributed by atoms with Crippen molar-refractivity contribution in [3.8, 4) is 17.2 Å². The summed E-state index contributed by atoms with van der Waals surface area (Å²) < 4.78 is 11.1. The molecule has 1 aromatic heterocycles. The maximum absolute atomic E-state index is 11.9. The number of anilines is 4. The van der Waals surface area contributed by atoms with E-state index >= 15 is 0 Å². The van der Waals surface area contributed by atoms with Crippen LogP contribution in [0.3, 0.4) is 0 Å². The van der Waals surface area contributed by atoms with Crippen molar-refractivity contribution in [2.75, 3.05) is 17.7 Å². The number of methoxy groups -OCH3 is 1. The zero-order valence-corrected chi connectivity index (χ0v) is 18.0. The van der Waals surface area contributed by atoms with Gasteiger partial charge >= 0.3 is 5.69 Å². The molecule has 4 rings (SSSR count). The Bertz CT molecular complexity index is 1260. The second-order valence-electron chi connectivity index (χ2n) is 7.07. The molecule has 166 valence electrons. The molecule has 2 N–H and O–H groups in total. The standard InChI is InChI=1S/C24H21N5O4/c1-16-8-13-21(32-2)20(14-16)28-24-22(29(30)31)23(25-15-26-24)27-17-9-11-19(12-10-17)33-18-6-4-3-5-7-18/h3-15H,1-2H3,(H2,25,26,27,28). The lowest BCUT2D eigenvalue weighted by atomic mass is 10.2. The number of nitro groups is 1. The van der Waals surface area contributed by atoms with Crippen LogP contribution in [0.5, 0.6) is 17.2 Å². The molecule has 0 unspecified atom stereocenters. The molecule has 0 aliphatic rings. The van der Waals surface area contributed by atoms with Crippen LogP contribution >= 0.6 is 0 Å². The molecule has 0 fully saturated rings. The Hall–Kier alpha value is -4.66. The van der Waals surface area contributed by atoms with Crippen molar-refractivity contribution >= 4 is 28.7 Å². The lowest BCUT2D eigenvalue weighted by molar-refractivity contribution is -0.383. The van der Waals surface area contributed by atoms with E-state index in [9.17, 15) is 10.1 Å². The molecule has 9 heteroatoms. The molecule has 0 radical (unpaired) electrons. The third-order valence-electron chi connectivity index (χ3n) is 4.71. The van der Waals surface area contributed by atoms with E-state index in [1.807, 2.05) is 49.4 Å². The molecule has 4 aromatic rings. The number of hydrogen-bond acceptors (Lipinski definition) is 8. The van der Waals surface area contributed by atoms with Crippen LogP contribution < -0.4 is 20.1 Å². The molecule has 0 spiro atoms. The molecule has 9 nitrogen and oxygen atoms in total. The molecule has 3 aromatic carbocycles. The maximum atomic E-state index is 11.9. The van der Waals surface area contributed by atoms with Gasteiger partial charge in [-0.3, -0.25) is 10.1 Å². The molecule has 0 saturated heterocycles. The molecule has 0 aliphatic heterocycles. The zero-order valence-electron chi connectivity index (χ0n) is 18.0. The number of aryl methyl sites for hydroxylation is 1. The predicted molar refractivity (Wildman–Crippen MR) is 126 cm³/mol. The summed E-state index contributed by atoms with van der Waals surface area (Å²) in [4.78, 5) is 19.5. The topological polar surface area (TPSA) is 111 Å². The Morgan fingerprint density at radius 3 is 2.21 bits per heavy atom. The van der Waals surface area contributed by atoms with Crippen molar-refractivity contribution in [2.45, 2.75) is 6.92 Å². The minimum atomic E-state index is -0.528. The largest absolute Gasteiger partial charge is 0.495 e. The number of nitrogens with zero attached hydrogens (tertiary/aromatic N) is 3. The van der Waals surface area contributed by atoms with Gasteiger partial charge in [0.1, 0.15) is 23.6 Å². The number of nitrogens with one attached hydrogen (secondary N) is 2. The van der Waals surface area contributed by atoms with Crippen LogP contribution in [0.25, 0.3) is 0 Å². The summed E-state index contributed by atoms with van der Waals surface area (Å²) in [5, 5.41) is 17.9. The normalized spacial score (nSPS) is 10.4. The van der Waals surface area contributed by atoms with Crippen molar-refractivity contribution in [1.29, 1.82) is 0 Å². The zero-order chi connectivity index (χ0) is 23.2. The third-order valence-corrected chi connectivity index (χ3v) is 4.71. The molecular weight excluding hydrogens is 422 g/mol. The number of benzene rings is 3. The summed E-state index contributed by atoms with van der Waals surface area (Å²) >= 11 is 0. The average molecular weight is 443 g/mol. The molecule has 0 amide bonds. The minimum Gasteiger partial charge on any atom is -0.495 e. The third kappa shape index (κ3) is 5.16. The van der Waals surface area contributed by atoms with Crippen molar-refractivity contribution in [2.24, 2.45) is 0 Å². The first-order valence-electron chi connectivity index (χ1n) is 10.0. The number of hydrogen-bond donors (Lipinski definition) is 2. The van der Waals surface area contributed by atoms with Crippen LogP contribution in [0.2, 0.25) is 0 Å². The lowest BCUT2D eigenvalue weighted by Gasteiger charge is -2.13. The highest BCUT2D eigenvalue weighted by Gasteiger charge is 2.24. The lowest BCUT2D eigenvalue weighted by Crippen LogP contribution is -2.06. The van der Waals surface area contributed by atoms with Gasteiger partial charge in [-0.1, -0.05) is 24.3 Å². The summed E-state index contributed by atoms with van der Waals surface area (Å²) in [6, 6.07) is 21.9. The van der Waals surface area contributed by atoms with Crippen LogP contribution in [0.1, 0.15) is 5.56 Å². The highest BCUT2D eigenvalue weighted by molar-refractivity contribution is 5.78. The van der Waals surface area contributed by atoms with Crippen LogP contribution in [0, 0.1) is 17.0 Å². The van der Waals surface area contributed by atoms with Crippen LogP contribution in [0.15, 0.2) is 79.1 Å². The van der Waals surface area contributed by atoms with E-state index < -0.39 is 4.92 Å². The summed E-state index contributed by atoms with van der Waals surface area (Å²) in [5.41, 5.74) is 1.85. The number of ether oxygens (including phenoxy) is 2. The SMILES string of the molecule is COc1ccc(C)cc1Nc1ncnc(Nc2ccc(Oc3ccccc3)cc2)c1[N+](=O)[O-]. The number of para-hydroxylation sites is 1. The van der Waals surface area contributed by atoms with E-state index in [0.29, 0.717) is 28.6 Å². The Morgan fingerprint density at radius 1 is 0.879 bits per heavy atom. The summed E-state index contributed by atoms with van der Waals surface area (Å²) in [5.74, 6) is 1.99. The Labute approximate surface area is 190 Å². The van der Waals surface area contributed by atoms with Crippen LogP contribution in [-0.4, -0.2) is 22.0 Å². The van der Waals surface area contributed by atoms with E-state index in [4.69, 9.17) is 9.47 Å². The van der Waals surface area contributed by atoms with Crippen molar-refractivity contribution in [3.63, 3.8) is 0 Å². The van der Waals surface area contributed by atoms with Gasteiger partial charge in [0.15, 0.2) is 0 Å². The van der Waals surface area contributed by atoms with Gasteiger partial charge in [-0.2, -0.15) is 0 Å². The first kappa shape index (κ1) is 21.6. The minimum absolute atomic E-state index is 0.0467. The number of aromatic nitrogens is 2. The summed E-state index contributed by atoms with van der Waals surface area (Å²) in [6.07, 6.45) is 1.26. The molecule has 0 bridgehead atoms. The second-order valence-corrected chi connectivity index (χ2v) is 7.07. The van der Waals surface area contributed by atoms with Gasteiger partial charge < -0.3 is 20.1 Å². The fourth-order valence-corrected chi connectivity index (χ4v) is 3.15. The summed E-state index contributed by atoms with van der Waals surface area (Å²) in [6.45, 7) is 1.91. The van der Waals surface area contributed by atoms with Gasteiger partial charge in [0.2, 0.25) is 11.6 Å². The van der Waals surface area contributed by atoms with E-state index in [1.165, 1.54) is 13.4 Å². The van der Waals surface area contributed by atoms with Crippen LogP contribution in [0.4, 0.5) is 28.7 Å². The Balaban J connectivity index is 1.58. The van der Waals surface area contributed by atoms with Crippen molar-refractivity contribution in [3.05, 3.63) is 94.8 Å². The van der Waals surface area contributed by atoms with Crippen LogP contribution in [-0.2, 0) is 0 Å². The van der Waals surface area contributed by atoms with Gasteiger partial charge in [0, 0.05) is 5.69 Å². The first-order valence-corrected chi connectivity index (χ1v) is 10.0. The van der Waals surface area contributed by atoms with Crippen molar-refractivity contribution < 1.29 is 14.4 Å². The molecule has 0 atom stereocenters. The van der Waals surface area contributed by atoms with Gasteiger partial charge in [0.05, 0.1) is 17.7 Å². The van der Waals surface area contributed by atoms with E-state index in [1.54, 1.807) is 30.3 Å². The smallest absolute Gasteiger partial charge is 0.353 e. The molecule has 33 heavy (non-hydrogen) atoms. The van der Waals surface area contributed by atoms with E-state index in [-0.39, 0.29) is 17.3 Å². The Morgan fingerprint density at radius 2 is 1.55 bits per heavy atom. The van der Waals surface area contributed by atoms with Gasteiger partial charge in [-0.05, 0) is 61.0 Å². The molecule has 1 heterocycles. The maximum Gasteiger partial charge on any atom is 0.353 e. The monoisotopic (exact) mass is 443 g/mol. The summed E-state index contributed by atoms with van der Waals surface area (Å²) in [7, 11) is 1.53. The highest BCUT2D eigenvalue weighted by Crippen LogP contribution is 2.36. The fraction of sp³-hybridized carbons (Fsp3) is 0.0833. The quantitative estimate of drug-likeness (QED) is 0.253. The fourth-order valence-electron chi connectivity index (χ4n) is 3.15. The van der Waals surface area contributed by atoms with E-state index in [2.05, 4.69) is 20.6 Å². The Kier molecular flexibility index (Phi) is 6.31. The second kappa shape index (κ2) is 9.65. The first-order chi connectivity index (χ1) is 16.0. The molecule has 0 saturated carbocycles.